The minimum atomic E-state index is -0.506. The summed E-state index contributed by atoms with van der Waals surface area (Å²) in [6.07, 6.45) is 0. The number of hydrogen-bond acceptors (Lipinski definition) is 6. The van der Waals surface area contributed by atoms with E-state index in [2.05, 4.69) is 0 Å². The van der Waals surface area contributed by atoms with Gasteiger partial charge in [-0.15, -0.1) is 11.3 Å². The standard InChI is InChI=1S/C18H17NO4S/c1-19(2)12-4-6-15-14(10-12)17(21)13-5-3-11(9-16(13)24-15)18(22)23-8-7-20/h3-6,9-10,20H,7-8H2,1-2H3. The van der Waals surface area contributed by atoms with Crippen molar-refractivity contribution in [3.63, 3.8) is 0 Å². The molecular weight excluding hydrogens is 326 g/mol. The molecule has 6 heteroatoms. The summed E-state index contributed by atoms with van der Waals surface area (Å²) < 4.78 is 6.53. The van der Waals surface area contributed by atoms with Crippen molar-refractivity contribution in [2.45, 2.75) is 0 Å². The molecule has 0 amide bonds. The highest BCUT2D eigenvalue weighted by Gasteiger charge is 2.12. The van der Waals surface area contributed by atoms with Crippen LogP contribution in [0.3, 0.4) is 0 Å². The molecule has 24 heavy (non-hydrogen) atoms. The van der Waals surface area contributed by atoms with Crippen molar-refractivity contribution in [1.29, 1.82) is 0 Å². The summed E-state index contributed by atoms with van der Waals surface area (Å²) in [7, 11) is 3.86. The SMILES string of the molecule is CN(C)c1ccc2sc3cc(C(=O)OCCO)ccc3c(=O)c2c1. The highest BCUT2D eigenvalue weighted by molar-refractivity contribution is 7.24. The summed E-state index contributed by atoms with van der Waals surface area (Å²) in [5.41, 5.74) is 1.30. The third-order valence-electron chi connectivity index (χ3n) is 3.73. The minimum Gasteiger partial charge on any atom is -0.460 e. The summed E-state index contributed by atoms with van der Waals surface area (Å²) in [5, 5.41) is 9.99. The van der Waals surface area contributed by atoms with Crippen LogP contribution >= 0.6 is 11.3 Å². The van der Waals surface area contributed by atoms with Crippen LogP contribution in [-0.2, 0) is 4.74 Å². The molecule has 3 rings (SSSR count). The Bertz CT molecular complexity index is 978. The second-order valence-electron chi connectivity index (χ2n) is 5.58. The van der Waals surface area contributed by atoms with Crippen LogP contribution in [0.4, 0.5) is 5.69 Å². The van der Waals surface area contributed by atoms with E-state index in [0.717, 1.165) is 15.1 Å². The number of fused-ring (bicyclic) bond motifs is 2. The predicted molar refractivity (Wildman–Crippen MR) is 97.3 cm³/mol. The van der Waals surface area contributed by atoms with E-state index >= 15 is 0 Å². The van der Waals surface area contributed by atoms with Gasteiger partial charge in [-0.1, -0.05) is 0 Å². The fraction of sp³-hybridized carbons (Fsp3) is 0.222. The number of hydrogen-bond donors (Lipinski definition) is 1. The van der Waals surface area contributed by atoms with Crippen molar-refractivity contribution in [3.05, 3.63) is 52.2 Å². The molecule has 0 aliphatic rings. The van der Waals surface area contributed by atoms with Gasteiger partial charge in [-0.3, -0.25) is 4.79 Å². The van der Waals surface area contributed by atoms with Crippen molar-refractivity contribution < 1.29 is 14.6 Å². The fourth-order valence-electron chi connectivity index (χ4n) is 2.47. The first-order chi connectivity index (χ1) is 11.5. The zero-order valence-corrected chi connectivity index (χ0v) is 14.2. The molecule has 3 aromatic rings. The topological polar surface area (TPSA) is 66.8 Å². The number of anilines is 1. The van der Waals surface area contributed by atoms with Crippen LogP contribution in [0.5, 0.6) is 0 Å². The van der Waals surface area contributed by atoms with E-state index in [-0.39, 0.29) is 18.6 Å². The number of carbonyl (C=O) groups excluding carboxylic acids is 1. The second-order valence-corrected chi connectivity index (χ2v) is 6.66. The maximum atomic E-state index is 12.8. The number of esters is 1. The summed E-state index contributed by atoms with van der Waals surface area (Å²) in [5.74, 6) is -0.506. The molecule has 5 nitrogen and oxygen atoms in total. The molecule has 1 heterocycles. The quantitative estimate of drug-likeness (QED) is 0.583. The Hall–Kier alpha value is -2.44. The van der Waals surface area contributed by atoms with Crippen molar-refractivity contribution in [1.82, 2.24) is 0 Å². The maximum absolute atomic E-state index is 12.8. The summed E-state index contributed by atoms with van der Waals surface area (Å²) in [4.78, 5) is 26.6. The van der Waals surface area contributed by atoms with Gasteiger partial charge in [0, 0.05) is 40.0 Å². The molecular formula is C18H17NO4S. The van der Waals surface area contributed by atoms with Gasteiger partial charge in [0.15, 0.2) is 5.43 Å². The van der Waals surface area contributed by atoms with E-state index in [0.29, 0.717) is 16.3 Å². The van der Waals surface area contributed by atoms with Crippen molar-refractivity contribution in [2.75, 3.05) is 32.2 Å². The zero-order valence-electron chi connectivity index (χ0n) is 13.4. The Morgan fingerprint density at radius 2 is 1.92 bits per heavy atom. The highest BCUT2D eigenvalue weighted by atomic mass is 32.1. The van der Waals surface area contributed by atoms with E-state index in [1.807, 2.05) is 37.2 Å². The molecule has 0 aliphatic heterocycles. The van der Waals surface area contributed by atoms with Crippen LogP contribution in [0.15, 0.2) is 41.2 Å². The van der Waals surface area contributed by atoms with Gasteiger partial charge in [-0.05, 0) is 36.4 Å². The lowest BCUT2D eigenvalue weighted by molar-refractivity contribution is 0.0434. The number of rotatable bonds is 4. The normalized spacial score (nSPS) is 11.0. The van der Waals surface area contributed by atoms with Crippen LogP contribution in [0.2, 0.25) is 0 Å². The highest BCUT2D eigenvalue weighted by Crippen LogP contribution is 2.28. The molecule has 1 aromatic heterocycles. The number of benzene rings is 2. The van der Waals surface area contributed by atoms with Crippen molar-refractivity contribution >= 4 is 43.2 Å². The average molecular weight is 343 g/mol. The molecule has 0 unspecified atom stereocenters. The Balaban J connectivity index is 2.15. The summed E-state index contributed by atoms with van der Waals surface area (Å²) >= 11 is 1.47. The first-order valence-electron chi connectivity index (χ1n) is 7.47. The van der Waals surface area contributed by atoms with Gasteiger partial charge < -0.3 is 14.7 Å². The number of aliphatic hydroxyl groups is 1. The van der Waals surface area contributed by atoms with Crippen LogP contribution in [0.25, 0.3) is 20.2 Å². The lowest BCUT2D eigenvalue weighted by Gasteiger charge is -2.13. The Kier molecular flexibility index (Phi) is 4.51. The number of aliphatic hydroxyl groups excluding tert-OH is 1. The molecule has 0 aliphatic carbocycles. The zero-order chi connectivity index (χ0) is 17.3. The van der Waals surface area contributed by atoms with E-state index < -0.39 is 5.97 Å². The predicted octanol–water partition coefficient (Wildman–Crippen LogP) is 2.63. The number of ether oxygens (including phenoxy) is 1. The molecule has 0 fully saturated rings. The van der Waals surface area contributed by atoms with Gasteiger partial charge in [-0.2, -0.15) is 0 Å². The number of nitrogens with zero attached hydrogens (tertiary/aromatic N) is 1. The van der Waals surface area contributed by atoms with Gasteiger partial charge in [0.25, 0.3) is 0 Å². The maximum Gasteiger partial charge on any atom is 0.338 e. The monoisotopic (exact) mass is 343 g/mol. The van der Waals surface area contributed by atoms with Crippen LogP contribution in [0, 0.1) is 0 Å². The van der Waals surface area contributed by atoms with E-state index in [4.69, 9.17) is 9.84 Å². The molecule has 0 saturated carbocycles. The molecule has 0 atom stereocenters. The third kappa shape index (κ3) is 2.98. The van der Waals surface area contributed by atoms with Crippen molar-refractivity contribution in [3.8, 4) is 0 Å². The van der Waals surface area contributed by atoms with E-state index in [1.54, 1.807) is 18.2 Å². The van der Waals surface area contributed by atoms with Crippen LogP contribution in [-0.4, -0.2) is 38.4 Å². The lowest BCUT2D eigenvalue weighted by atomic mass is 10.1. The molecule has 2 aromatic carbocycles. The lowest BCUT2D eigenvalue weighted by Crippen LogP contribution is -2.10. The van der Waals surface area contributed by atoms with Crippen molar-refractivity contribution in [2.24, 2.45) is 0 Å². The smallest absolute Gasteiger partial charge is 0.338 e. The largest absolute Gasteiger partial charge is 0.460 e. The Morgan fingerprint density at radius 1 is 1.12 bits per heavy atom. The van der Waals surface area contributed by atoms with Gasteiger partial charge in [0.05, 0.1) is 12.2 Å². The first-order valence-corrected chi connectivity index (χ1v) is 8.29. The van der Waals surface area contributed by atoms with Gasteiger partial charge >= 0.3 is 5.97 Å². The van der Waals surface area contributed by atoms with Gasteiger partial charge in [-0.25, -0.2) is 4.79 Å². The van der Waals surface area contributed by atoms with Gasteiger partial charge in [0.2, 0.25) is 0 Å². The average Bonchev–Trinajstić information content (AvgIpc) is 2.59. The Labute approximate surface area is 142 Å². The van der Waals surface area contributed by atoms with Crippen LogP contribution in [0.1, 0.15) is 10.4 Å². The molecule has 1 N–H and O–H groups in total. The fourth-order valence-corrected chi connectivity index (χ4v) is 3.56. The summed E-state index contributed by atoms with van der Waals surface area (Å²) in [6.45, 7) is -0.260. The molecule has 0 saturated heterocycles. The molecule has 0 radical (unpaired) electrons. The first kappa shape index (κ1) is 16.4. The van der Waals surface area contributed by atoms with Gasteiger partial charge in [0.1, 0.15) is 6.61 Å². The van der Waals surface area contributed by atoms with E-state index in [1.165, 1.54) is 11.3 Å². The summed E-state index contributed by atoms with van der Waals surface area (Å²) in [6, 6.07) is 10.7. The number of carbonyl (C=O) groups is 1. The van der Waals surface area contributed by atoms with E-state index in [9.17, 15) is 9.59 Å². The molecule has 0 bridgehead atoms. The molecule has 0 spiro atoms. The second kappa shape index (κ2) is 6.59. The molecule has 124 valence electrons. The van der Waals surface area contributed by atoms with Crippen LogP contribution < -0.4 is 10.3 Å². The third-order valence-corrected chi connectivity index (χ3v) is 4.86. The Morgan fingerprint density at radius 3 is 2.62 bits per heavy atom. The minimum absolute atomic E-state index is 0.0435.